The van der Waals surface area contributed by atoms with E-state index < -0.39 is 0 Å². The molecule has 0 fully saturated rings. The zero-order valence-electron chi connectivity index (χ0n) is 19.2. The largest absolute Gasteiger partial charge is 0.443 e. The van der Waals surface area contributed by atoms with Crippen LogP contribution < -0.4 is 21.3 Å². The Bertz CT molecular complexity index is 840. The summed E-state index contributed by atoms with van der Waals surface area (Å²) in [5.41, 5.74) is 1.71. The number of aliphatic imine (C=N–C) groups is 1. The molecule has 0 atom stereocenters. The van der Waals surface area contributed by atoms with Gasteiger partial charge >= 0.3 is 6.03 Å². The highest BCUT2D eigenvalue weighted by Gasteiger charge is 2.19. The Kier molecular flexibility index (Phi) is 10.8. The van der Waals surface area contributed by atoms with Crippen LogP contribution in [0.4, 0.5) is 10.5 Å². The maximum Gasteiger partial charge on any atom is 0.319 e. The molecule has 0 saturated heterocycles. The molecule has 1 heterocycles. The predicted molar refractivity (Wildman–Crippen MR) is 136 cm³/mol. The first kappa shape index (κ1) is 26.7. The fourth-order valence-electron chi connectivity index (χ4n) is 2.53. The van der Waals surface area contributed by atoms with Crippen molar-refractivity contribution < 1.29 is 9.21 Å². The van der Waals surface area contributed by atoms with Crippen LogP contribution >= 0.6 is 24.0 Å². The Hall–Kier alpha value is -2.30. The second-order valence-electron chi connectivity index (χ2n) is 8.37. The number of carbonyl (C=O) groups excluding carboxylic acids is 1. The van der Waals surface area contributed by atoms with Crippen molar-refractivity contribution in [2.75, 3.05) is 11.9 Å². The zero-order chi connectivity index (χ0) is 22.1. The summed E-state index contributed by atoms with van der Waals surface area (Å²) in [6.07, 6.45) is 1.78. The van der Waals surface area contributed by atoms with Crippen LogP contribution in [0.5, 0.6) is 0 Å². The van der Waals surface area contributed by atoms with Gasteiger partial charge in [-0.15, -0.1) is 24.0 Å². The third-order valence-corrected chi connectivity index (χ3v) is 4.10. The summed E-state index contributed by atoms with van der Waals surface area (Å²) in [5, 5.41) is 12.1. The number of nitrogens with zero attached hydrogens (tertiary/aromatic N) is 2. The van der Waals surface area contributed by atoms with Crippen LogP contribution in [-0.4, -0.2) is 29.6 Å². The van der Waals surface area contributed by atoms with Gasteiger partial charge in [-0.05, 0) is 38.5 Å². The molecule has 0 aliphatic heterocycles. The molecule has 0 radical (unpaired) electrons. The summed E-state index contributed by atoms with van der Waals surface area (Å²) < 4.78 is 5.81. The van der Waals surface area contributed by atoms with Crippen molar-refractivity contribution >= 4 is 41.7 Å². The van der Waals surface area contributed by atoms with Crippen LogP contribution in [0.15, 0.2) is 39.9 Å². The molecule has 0 saturated carbocycles. The number of guanidine groups is 1. The van der Waals surface area contributed by atoms with Gasteiger partial charge in [0, 0.05) is 23.7 Å². The molecule has 0 bridgehead atoms. The average Bonchev–Trinajstić information content (AvgIpc) is 3.14. The fraction of sp³-hybridized carbons (Fsp3) is 0.500. The number of oxazole rings is 1. The van der Waals surface area contributed by atoms with E-state index in [4.69, 9.17) is 4.42 Å². The van der Waals surface area contributed by atoms with E-state index in [1.54, 1.807) is 6.20 Å². The number of hydrogen-bond donors (Lipinski definition) is 4. The number of aromatic nitrogens is 1. The molecule has 2 amide bonds. The maximum atomic E-state index is 11.8. The topological polar surface area (TPSA) is 104 Å². The number of nitrogens with one attached hydrogen (secondary N) is 4. The summed E-state index contributed by atoms with van der Waals surface area (Å²) in [7, 11) is 0. The highest BCUT2D eigenvalue weighted by molar-refractivity contribution is 14.0. The first-order chi connectivity index (χ1) is 14.2. The van der Waals surface area contributed by atoms with Crippen molar-refractivity contribution in [3.05, 3.63) is 47.7 Å². The lowest BCUT2D eigenvalue weighted by Gasteiger charge is -2.13. The normalized spacial score (nSPS) is 11.6. The quantitative estimate of drug-likeness (QED) is 0.236. The van der Waals surface area contributed by atoms with E-state index in [2.05, 4.69) is 52.0 Å². The molecule has 4 N–H and O–H groups in total. The van der Waals surface area contributed by atoms with E-state index in [-0.39, 0.29) is 41.5 Å². The second kappa shape index (κ2) is 12.5. The Morgan fingerprint density at radius 1 is 1.16 bits per heavy atom. The van der Waals surface area contributed by atoms with E-state index in [1.807, 2.05) is 45.0 Å². The van der Waals surface area contributed by atoms with Crippen LogP contribution in [0.3, 0.4) is 0 Å². The first-order valence-corrected chi connectivity index (χ1v) is 10.3. The molecule has 0 spiro atoms. The van der Waals surface area contributed by atoms with Gasteiger partial charge < -0.3 is 25.7 Å². The van der Waals surface area contributed by atoms with Gasteiger partial charge in [-0.25, -0.2) is 14.8 Å². The minimum absolute atomic E-state index is 0. The fourth-order valence-corrected chi connectivity index (χ4v) is 2.53. The van der Waals surface area contributed by atoms with Gasteiger partial charge in [-0.2, -0.15) is 0 Å². The summed E-state index contributed by atoms with van der Waals surface area (Å²) in [4.78, 5) is 20.7. The number of urea groups is 1. The van der Waals surface area contributed by atoms with Crippen molar-refractivity contribution in [2.24, 2.45) is 4.99 Å². The predicted octanol–water partition coefficient (Wildman–Crippen LogP) is 4.38. The molecular weight excluding hydrogens is 507 g/mol. The third kappa shape index (κ3) is 9.58. The molecule has 2 rings (SSSR count). The zero-order valence-corrected chi connectivity index (χ0v) is 21.5. The second-order valence-corrected chi connectivity index (χ2v) is 8.37. The minimum Gasteiger partial charge on any atom is -0.443 e. The molecule has 172 valence electrons. The molecule has 1 aromatic carbocycles. The van der Waals surface area contributed by atoms with Crippen LogP contribution in [0.2, 0.25) is 0 Å². The molecule has 0 aliphatic rings. The van der Waals surface area contributed by atoms with Crippen LogP contribution in [0, 0.1) is 0 Å². The van der Waals surface area contributed by atoms with Crippen LogP contribution in [0.1, 0.15) is 58.8 Å². The SMILES string of the molecule is CCNC(=NCc1ccc(NC(=O)NC(C)C)cc1)NCc1ncc(C(C)(C)C)o1.I. The monoisotopic (exact) mass is 542 g/mol. The molecule has 31 heavy (non-hydrogen) atoms. The maximum absolute atomic E-state index is 11.8. The Balaban J connectivity index is 0.00000480. The van der Waals surface area contributed by atoms with E-state index in [1.165, 1.54) is 0 Å². The molecule has 1 aromatic heterocycles. The lowest BCUT2D eigenvalue weighted by Crippen LogP contribution is -2.36. The lowest BCUT2D eigenvalue weighted by molar-refractivity contribution is 0.250. The summed E-state index contributed by atoms with van der Waals surface area (Å²) in [5.74, 6) is 2.17. The molecular formula is C22H35IN6O2. The highest BCUT2D eigenvalue weighted by atomic mass is 127. The van der Waals surface area contributed by atoms with Gasteiger partial charge in [0.05, 0.1) is 19.3 Å². The van der Waals surface area contributed by atoms with Crippen molar-refractivity contribution in [1.82, 2.24) is 20.9 Å². The van der Waals surface area contributed by atoms with Gasteiger partial charge in [0.15, 0.2) is 5.96 Å². The van der Waals surface area contributed by atoms with E-state index in [0.29, 0.717) is 24.9 Å². The van der Waals surface area contributed by atoms with Gasteiger partial charge in [0.1, 0.15) is 5.76 Å². The molecule has 8 nitrogen and oxygen atoms in total. The van der Waals surface area contributed by atoms with Crippen LogP contribution in [-0.2, 0) is 18.5 Å². The minimum atomic E-state index is -0.212. The molecule has 0 aliphatic carbocycles. The number of anilines is 1. The number of benzene rings is 1. The number of rotatable bonds is 7. The summed E-state index contributed by atoms with van der Waals surface area (Å²) in [6.45, 7) is 13.8. The van der Waals surface area contributed by atoms with Gasteiger partial charge in [-0.3, -0.25) is 0 Å². The van der Waals surface area contributed by atoms with Crippen molar-refractivity contribution in [3.8, 4) is 0 Å². The number of halogens is 1. The third-order valence-electron chi connectivity index (χ3n) is 4.10. The lowest BCUT2D eigenvalue weighted by atomic mass is 9.94. The van der Waals surface area contributed by atoms with Gasteiger partial charge in [-0.1, -0.05) is 32.9 Å². The van der Waals surface area contributed by atoms with E-state index >= 15 is 0 Å². The van der Waals surface area contributed by atoms with Crippen molar-refractivity contribution in [1.29, 1.82) is 0 Å². The Morgan fingerprint density at radius 3 is 2.39 bits per heavy atom. The van der Waals surface area contributed by atoms with E-state index in [9.17, 15) is 4.79 Å². The average molecular weight is 542 g/mol. The van der Waals surface area contributed by atoms with Gasteiger partial charge in [0.2, 0.25) is 5.89 Å². The van der Waals surface area contributed by atoms with Crippen LogP contribution in [0.25, 0.3) is 0 Å². The molecule has 9 heteroatoms. The summed E-state index contributed by atoms with van der Waals surface area (Å²) in [6, 6.07) is 7.50. The Morgan fingerprint density at radius 2 is 1.84 bits per heavy atom. The summed E-state index contributed by atoms with van der Waals surface area (Å²) >= 11 is 0. The molecule has 2 aromatic rings. The highest BCUT2D eigenvalue weighted by Crippen LogP contribution is 2.22. The standard InChI is InChI=1S/C22H34N6O2.HI/c1-7-23-20(26-14-19-24-13-18(30-19)22(4,5)6)25-12-16-8-10-17(11-9-16)28-21(29)27-15(2)3;/h8-11,13,15H,7,12,14H2,1-6H3,(H2,23,25,26)(H2,27,28,29);1H. The van der Waals surface area contributed by atoms with Gasteiger partial charge in [0.25, 0.3) is 0 Å². The first-order valence-electron chi connectivity index (χ1n) is 10.3. The smallest absolute Gasteiger partial charge is 0.319 e. The van der Waals surface area contributed by atoms with Crippen molar-refractivity contribution in [2.45, 2.75) is 66.1 Å². The van der Waals surface area contributed by atoms with Crippen molar-refractivity contribution in [3.63, 3.8) is 0 Å². The molecule has 0 unspecified atom stereocenters. The number of amides is 2. The number of hydrogen-bond acceptors (Lipinski definition) is 4. The number of carbonyl (C=O) groups is 1. The van der Waals surface area contributed by atoms with E-state index in [0.717, 1.165) is 23.6 Å². The Labute approximate surface area is 202 Å².